The van der Waals surface area contributed by atoms with Gasteiger partial charge < -0.3 is 10.0 Å². The van der Waals surface area contributed by atoms with Gasteiger partial charge in [0.1, 0.15) is 0 Å². The lowest BCUT2D eigenvalue weighted by atomic mass is 9.90. The number of aliphatic carboxylic acids is 1. The second-order valence-corrected chi connectivity index (χ2v) is 8.82. The molecule has 26 heavy (non-hydrogen) atoms. The predicted octanol–water partition coefficient (Wildman–Crippen LogP) is 1.96. The predicted molar refractivity (Wildman–Crippen MR) is 97.5 cm³/mol. The van der Waals surface area contributed by atoms with E-state index in [0.29, 0.717) is 31.6 Å². The van der Waals surface area contributed by atoms with E-state index < -0.39 is 21.4 Å². The van der Waals surface area contributed by atoms with Crippen molar-refractivity contribution in [1.82, 2.24) is 9.21 Å². The van der Waals surface area contributed by atoms with E-state index in [-0.39, 0.29) is 22.9 Å². The van der Waals surface area contributed by atoms with Crippen LogP contribution in [0.25, 0.3) is 0 Å². The van der Waals surface area contributed by atoms with E-state index in [1.807, 2.05) is 0 Å². The van der Waals surface area contributed by atoms with Gasteiger partial charge in [-0.15, -0.1) is 0 Å². The summed E-state index contributed by atoms with van der Waals surface area (Å²) in [6, 6.07) is 4.62. The zero-order chi connectivity index (χ0) is 19.7. The number of nitrogens with zero attached hydrogens (tertiary/aromatic N) is 2. The molecular weight excluding hydrogens is 356 g/mol. The Morgan fingerprint density at radius 2 is 1.88 bits per heavy atom. The molecule has 1 unspecified atom stereocenters. The van der Waals surface area contributed by atoms with Crippen molar-refractivity contribution in [3.8, 4) is 0 Å². The molecule has 2 rings (SSSR count). The summed E-state index contributed by atoms with van der Waals surface area (Å²) >= 11 is 0. The summed E-state index contributed by atoms with van der Waals surface area (Å²) < 4.78 is 27.0. The average Bonchev–Trinajstić information content (AvgIpc) is 2.99. The zero-order valence-electron chi connectivity index (χ0n) is 15.7. The average molecular weight is 382 g/mol. The Hall–Kier alpha value is -1.93. The van der Waals surface area contributed by atoms with Crippen molar-refractivity contribution in [1.29, 1.82) is 0 Å². The van der Waals surface area contributed by atoms with Gasteiger partial charge in [-0.1, -0.05) is 19.9 Å². The van der Waals surface area contributed by atoms with Gasteiger partial charge in [-0.25, -0.2) is 8.42 Å². The van der Waals surface area contributed by atoms with Crippen molar-refractivity contribution in [2.75, 3.05) is 26.2 Å². The van der Waals surface area contributed by atoms with Gasteiger partial charge in [-0.05, 0) is 38.0 Å². The molecule has 1 aromatic carbocycles. The van der Waals surface area contributed by atoms with Crippen molar-refractivity contribution in [3.63, 3.8) is 0 Å². The van der Waals surface area contributed by atoms with Crippen LogP contribution in [0.1, 0.15) is 43.1 Å². The second-order valence-electron chi connectivity index (χ2n) is 6.91. The highest BCUT2D eigenvalue weighted by Crippen LogP contribution is 2.31. The molecule has 0 aromatic heterocycles. The molecule has 1 amide bonds. The fraction of sp³-hybridized carbons (Fsp3) is 0.556. The normalized spacial score (nSPS) is 20.6. The van der Waals surface area contributed by atoms with Gasteiger partial charge in [-0.2, -0.15) is 4.31 Å². The quantitative estimate of drug-likeness (QED) is 0.811. The molecule has 1 heterocycles. The van der Waals surface area contributed by atoms with Crippen molar-refractivity contribution < 1.29 is 23.1 Å². The minimum absolute atomic E-state index is 0.118. The summed E-state index contributed by atoms with van der Waals surface area (Å²) in [6.45, 7) is 8.00. The van der Waals surface area contributed by atoms with Crippen LogP contribution in [0.3, 0.4) is 0 Å². The van der Waals surface area contributed by atoms with Gasteiger partial charge in [0.15, 0.2) is 0 Å². The molecule has 1 aliphatic heterocycles. The first-order chi connectivity index (χ1) is 12.1. The van der Waals surface area contributed by atoms with Crippen molar-refractivity contribution in [3.05, 3.63) is 29.3 Å². The maximum absolute atomic E-state index is 12.8. The molecule has 144 valence electrons. The first-order valence-electron chi connectivity index (χ1n) is 8.70. The van der Waals surface area contributed by atoms with Crippen molar-refractivity contribution in [2.24, 2.45) is 5.41 Å². The van der Waals surface area contributed by atoms with E-state index in [2.05, 4.69) is 0 Å². The standard InChI is InChI=1S/C18H26N2O5S/c1-5-20(6-2)26(24,25)15-11-14(8-7-13(15)3)16(21)19-10-9-18(4,12-19)17(22)23/h7-8,11H,5-6,9-10,12H2,1-4H3,(H,22,23). The summed E-state index contributed by atoms with van der Waals surface area (Å²) in [6.07, 6.45) is 0.380. The Morgan fingerprint density at radius 1 is 1.27 bits per heavy atom. The topological polar surface area (TPSA) is 95.0 Å². The van der Waals surface area contributed by atoms with Crippen LogP contribution in [0.2, 0.25) is 0 Å². The Labute approximate surface area is 154 Å². The van der Waals surface area contributed by atoms with Crippen LogP contribution < -0.4 is 0 Å². The van der Waals surface area contributed by atoms with Gasteiger partial charge >= 0.3 is 5.97 Å². The van der Waals surface area contributed by atoms with Gasteiger partial charge in [0.05, 0.1) is 10.3 Å². The molecule has 1 saturated heterocycles. The Bertz CT molecular complexity index is 817. The van der Waals surface area contributed by atoms with Crippen LogP contribution in [0.5, 0.6) is 0 Å². The number of carbonyl (C=O) groups excluding carboxylic acids is 1. The van der Waals surface area contributed by atoms with Crippen LogP contribution in [0, 0.1) is 12.3 Å². The number of hydrogen-bond acceptors (Lipinski definition) is 4. The highest BCUT2D eigenvalue weighted by atomic mass is 32.2. The van der Waals surface area contributed by atoms with Crippen LogP contribution in [-0.2, 0) is 14.8 Å². The maximum Gasteiger partial charge on any atom is 0.311 e. The maximum atomic E-state index is 12.8. The molecule has 1 N–H and O–H groups in total. The van der Waals surface area contributed by atoms with E-state index in [9.17, 15) is 23.1 Å². The number of carbonyl (C=O) groups is 2. The number of hydrogen-bond donors (Lipinski definition) is 1. The van der Waals surface area contributed by atoms with Crippen molar-refractivity contribution in [2.45, 2.75) is 39.0 Å². The summed E-state index contributed by atoms with van der Waals surface area (Å²) in [4.78, 5) is 25.8. The highest BCUT2D eigenvalue weighted by Gasteiger charge is 2.42. The number of aryl methyl sites for hydroxylation is 1. The molecule has 0 spiro atoms. The lowest BCUT2D eigenvalue weighted by molar-refractivity contribution is -0.147. The molecule has 7 nitrogen and oxygen atoms in total. The highest BCUT2D eigenvalue weighted by molar-refractivity contribution is 7.89. The fourth-order valence-corrected chi connectivity index (χ4v) is 4.91. The second kappa shape index (κ2) is 7.36. The van der Waals surface area contributed by atoms with Gasteiger partial charge in [0.25, 0.3) is 5.91 Å². The van der Waals surface area contributed by atoms with E-state index >= 15 is 0 Å². The largest absolute Gasteiger partial charge is 0.481 e. The molecule has 1 atom stereocenters. The summed E-state index contributed by atoms with van der Waals surface area (Å²) in [5, 5.41) is 9.32. The molecule has 1 fully saturated rings. The Kier molecular flexibility index (Phi) is 5.77. The molecule has 0 aliphatic carbocycles. The molecule has 1 aliphatic rings. The minimum Gasteiger partial charge on any atom is -0.481 e. The number of sulfonamides is 1. The monoisotopic (exact) mass is 382 g/mol. The van der Waals surface area contributed by atoms with Gasteiger partial charge in [-0.3, -0.25) is 9.59 Å². The zero-order valence-corrected chi connectivity index (χ0v) is 16.5. The molecule has 0 radical (unpaired) electrons. The van der Waals surface area contributed by atoms with E-state index in [1.54, 1.807) is 39.8 Å². The van der Waals surface area contributed by atoms with E-state index in [1.165, 1.54) is 15.3 Å². The summed E-state index contributed by atoms with van der Waals surface area (Å²) in [5.74, 6) is -1.27. The number of carboxylic acid groups (broad SMARTS) is 1. The lowest BCUT2D eigenvalue weighted by Crippen LogP contribution is -2.35. The lowest BCUT2D eigenvalue weighted by Gasteiger charge is -2.22. The van der Waals surface area contributed by atoms with E-state index in [4.69, 9.17) is 0 Å². The Balaban J connectivity index is 2.36. The first-order valence-corrected chi connectivity index (χ1v) is 10.1. The molecule has 0 bridgehead atoms. The smallest absolute Gasteiger partial charge is 0.311 e. The first kappa shape index (κ1) is 20.4. The van der Waals surface area contributed by atoms with Crippen LogP contribution in [0.4, 0.5) is 0 Å². The van der Waals surface area contributed by atoms with Gasteiger partial charge in [0, 0.05) is 31.7 Å². The SMILES string of the molecule is CCN(CC)S(=O)(=O)c1cc(C(=O)N2CCC(C)(C(=O)O)C2)ccc1C. The number of carboxylic acids is 1. The van der Waals surface area contributed by atoms with Crippen LogP contribution in [-0.4, -0.2) is 60.8 Å². The van der Waals surface area contributed by atoms with Crippen molar-refractivity contribution >= 4 is 21.9 Å². The van der Waals surface area contributed by atoms with Crippen LogP contribution >= 0.6 is 0 Å². The molecule has 8 heteroatoms. The Morgan fingerprint density at radius 3 is 2.38 bits per heavy atom. The molecular formula is C18H26N2O5S. The number of likely N-dealkylation sites (tertiary alicyclic amines) is 1. The van der Waals surface area contributed by atoms with Gasteiger partial charge in [0.2, 0.25) is 10.0 Å². The molecule has 0 saturated carbocycles. The molecule has 1 aromatic rings. The number of benzene rings is 1. The van der Waals surface area contributed by atoms with Crippen LogP contribution in [0.15, 0.2) is 23.1 Å². The fourth-order valence-electron chi connectivity index (χ4n) is 3.21. The number of rotatable bonds is 6. The third-order valence-electron chi connectivity index (χ3n) is 5.04. The summed E-state index contributed by atoms with van der Waals surface area (Å²) in [7, 11) is -3.68. The number of amides is 1. The summed E-state index contributed by atoms with van der Waals surface area (Å²) in [5.41, 5.74) is -0.127. The third kappa shape index (κ3) is 3.61. The minimum atomic E-state index is -3.68. The third-order valence-corrected chi connectivity index (χ3v) is 7.23. The van der Waals surface area contributed by atoms with E-state index in [0.717, 1.165) is 0 Å².